The average molecular weight is 490 g/mol. The number of piperazine rings is 1. The fourth-order valence-corrected chi connectivity index (χ4v) is 4.47. The summed E-state index contributed by atoms with van der Waals surface area (Å²) < 4.78 is 0. The minimum absolute atomic E-state index is 0.00936. The highest BCUT2D eigenvalue weighted by molar-refractivity contribution is 6.33. The third-order valence-electron chi connectivity index (χ3n) is 6.28. The maximum atomic E-state index is 13.2. The largest absolute Gasteiger partial charge is 0.368 e. The van der Waals surface area contributed by atoms with Gasteiger partial charge in [-0.15, -0.1) is 0 Å². The van der Waals surface area contributed by atoms with Crippen LogP contribution in [0, 0.1) is 0 Å². The highest BCUT2D eigenvalue weighted by Crippen LogP contribution is 2.23. The first-order valence-electron chi connectivity index (χ1n) is 11.7. The molecule has 0 spiro atoms. The van der Waals surface area contributed by atoms with Gasteiger partial charge in [0.1, 0.15) is 0 Å². The van der Waals surface area contributed by atoms with Crippen molar-refractivity contribution in [1.29, 1.82) is 0 Å². The van der Waals surface area contributed by atoms with Crippen molar-refractivity contribution in [2.24, 2.45) is 0 Å². The Morgan fingerprint density at radius 2 is 1.49 bits per heavy atom. The van der Waals surface area contributed by atoms with Gasteiger partial charge in [-0.25, -0.2) is 0 Å². The first-order valence-corrected chi connectivity index (χ1v) is 12.0. The summed E-state index contributed by atoms with van der Waals surface area (Å²) in [5, 5.41) is 3.37. The molecule has 1 N–H and O–H groups in total. The van der Waals surface area contributed by atoms with Gasteiger partial charge < -0.3 is 15.1 Å². The van der Waals surface area contributed by atoms with E-state index in [2.05, 4.69) is 10.2 Å². The number of nitrogens with zero attached hydrogens (tertiary/aromatic N) is 2. The van der Waals surface area contributed by atoms with E-state index < -0.39 is 6.04 Å². The number of hydrogen-bond donors (Lipinski definition) is 1. The maximum absolute atomic E-state index is 13.2. The van der Waals surface area contributed by atoms with E-state index >= 15 is 0 Å². The number of carbonyl (C=O) groups excluding carboxylic acids is 3. The van der Waals surface area contributed by atoms with Gasteiger partial charge in [0.15, 0.2) is 5.78 Å². The third-order valence-corrected chi connectivity index (χ3v) is 6.61. The Labute approximate surface area is 210 Å². The Morgan fingerprint density at radius 3 is 2.11 bits per heavy atom. The van der Waals surface area contributed by atoms with E-state index in [1.807, 2.05) is 59.5 Å². The number of nitrogens with one attached hydrogen (secondary N) is 1. The number of rotatable bonds is 7. The molecule has 180 valence electrons. The molecular weight excluding hydrogens is 462 g/mol. The molecule has 1 heterocycles. The lowest BCUT2D eigenvalue weighted by molar-refractivity contribution is -0.132. The quantitative estimate of drug-likeness (QED) is 0.486. The molecule has 35 heavy (non-hydrogen) atoms. The molecule has 0 bridgehead atoms. The molecule has 0 aromatic heterocycles. The van der Waals surface area contributed by atoms with E-state index in [4.69, 9.17) is 11.6 Å². The Kier molecular flexibility index (Phi) is 7.83. The average Bonchev–Trinajstić information content (AvgIpc) is 2.89. The predicted molar refractivity (Wildman–Crippen MR) is 138 cm³/mol. The van der Waals surface area contributed by atoms with Gasteiger partial charge in [0.05, 0.1) is 23.0 Å². The summed E-state index contributed by atoms with van der Waals surface area (Å²) in [6.45, 7) is 4.14. The maximum Gasteiger partial charge on any atom is 0.253 e. The van der Waals surface area contributed by atoms with Crippen molar-refractivity contribution in [2.75, 3.05) is 31.1 Å². The molecule has 1 aliphatic rings. The lowest BCUT2D eigenvalue weighted by Crippen LogP contribution is -2.49. The van der Waals surface area contributed by atoms with Gasteiger partial charge >= 0.3 is 0 Å². The van der Waals surface area contributed by atoms with Gasteiger partial charge in [0, 0.05) is 37.4 Å². The summed E-state index contributed by atoms with van der Waals surface area (Å²) >= 11 is 6.21. The number of benzene rings is 3. The minimum atomic E-state index is -0.468. The molecule has 7 heteroatoms. The van der Waals surface area contributed by atoms with Crippen LogP contribution in [0.4, 0.5) is 5.69 Å². The van der Waals surface area contributed by atoms with Crippen molar-refractivity contribution in [3.05, 3.63) is 101 Å². The summed E-state index contributed by atoms with van der Waals surface area (Å²) in [5.41, 5.74) is 2.97. The second-order valence-corrected chi connectivity index (χ2v) is 9.00. The summed E-state index contributed by atoms with van der Waals surface area (Å²) in [6.07, 6.45) is 0.160. The summed E-state index contributed by atoms with van der Waals surface area (Å²) in [4.78, 5) is 41.7. The normalized spacial score (nSPS) is 14.3. The predicted octanol–water partition coefficient (Wildman–Crippen LogP) is 4.75. The number of Topliss-reactive ketones (excluding diaryl/α,β-unsaturated/α-hetero) is 1. The molecular formula is C28H28ClN3O3. The second-order valence-electron chi connectivity index (χ2n) is 8.59. The smallest absolute Gasteiger partial charge is 0.253 e. The molecule has 3 aromatic rings. The Hall–Kier alpha value is -3.64. The molecule has 1 saturated heterocycles. The van der Waals surface area contributed by atoms with E-state index in [1.54, 1.807) is 31.2 Å². The molecule has 6 nitrogen and oxygen atoms in total. The van der Waals surface area contributed by atoms with Crippen LogP contribution in [-0.2, 0) is 4.79 Å². The van der Waals surface area contributed by atoms with E-state index in [0.717, 1.165) is 11.3 Å². The zero-order valence-corrected chi connectivity index (χ0v) is 20.4. The minimum Gasteiger partial charge on any atom is -0.368 e. The lowest BCUT2D eigenvalue weighted by Gasteiger charge is -2.36. The fraction of sp³-hybridized carbons (Fsp3) is 0.250. The van der Waals surface area contributed by atoms with Crippen LogP contribution < -0.4 is 10.2 Å². The SMILES string of the molecule is CC(=O)c1ccc(N2CCN(C(=O)C[C@@H](NC(=O)c3ccccc3Cl)c3ccccc3)CC2)cc1. The number of halogens is 1. The van der Waals surface area contributed by atoms with Crippen molar-refractivity contribution in [2.45, 2.75) is 19.4 Å². The molecule has 4 rings (SSSR count). The van der Waals surface area contributed by atoms with Crippen LogP contribution in [0.3, 0.4) is 0 Å². The van der Waals surface area contributed by atoms with E-state index in [0.29, 0.717) is 42.3 Å². The fourth-order valence-electron chi connectivity index (χ4n) is 4.24. The Bertz CT molecular complexity index is 1190. The van der Waals surface area contributed by atoms with Gasteiger partial charge in [-0.2, -0.15) is 0 Å². The van der Waals surface area contributed by atoms with Gasteiger partial charge in [0.2, 0.25) is 5.91 Å². The van der Waals surface area contributed by atoms with E-state index in [1.165, 1.54) is 0 Å². The van der Waals surface area contributed by atoms with E-state index in [-0.39, 0.29) is 24.0 Å². The molecule has 1 aliphatic heterocycles. The van der Waals surface area contributed by atoms with Crippen LogP contribution in [0.1, 0.15) is 45.7 Å². The second kappa shape index (κ2) is 11.2. The van der Waals surface area contributed by atoms with Crippen LogP contribution in [0.2, 0.25) is 5.02 Å². The Morgan fingerprint density at radius 1 is 0.857 bits per heavy atom. The standard InChI is InChI=1S/C28H28ClN3O3/c1-20(33)21-11-13-23(14-12-21)31-15-17-32(18-16-31)27(34)19-26(22-7-3-2-4-8-22)30-28(35)24-9-5-6-10-25(24)29/h2-14,26H,15-19H2,1H3,(H,30,35)/t26-/m1/s1. The number of hydrogen-bond acceptors (Lipinski definition) is 4. The third kappa shape index (κ3) is 6.08. The van der Waals surface area contributed by atoms with Crippen LogP contribution in [0.5, 0.6) is 0 Å². The summed E-state index contributed by atoms with van der Waals surface area (Å²) in [7, 11) is 0. The van der Waals surface area contributed by atoms with Crippen molar-refractivity contribution in [3.63, 3.8) is 0 Å². The highest BCUT2D eigenvalue weighted by Gasteiger charge is 2.26. The van der Waals surface area contributed by atoms with Gasteiger partial charge in [-0.05, 0) is 48.9 Å². The first-order chi connectivity index (χ1) is 16.9. The molecule has 1 fully saturated rings. The van der Waals surface area contributed by atoms with Crippen molar-refractivity contribution in [1.82, 2.24) is 10.2 Å². The van der Waals surface area contributed by atoms with Crippen molar-refractivity contribution >= 4 is 34.9 Å². The van der Waals surface area contributed by atoms with Gasteiger partial charge in [-0.1, -0.05) is 54.1 Å². The number of anilines is 1. The Balaban J connectivity index is 1.40. The highest BCUT2D eigenvalue weighted by atomic mass is 35.5. The molecule has 0 unspecified atom stereocenters. The number of ketones is 1. The molecule has 1 atom stereocenters. The number of carbonyl (C=O) groups is 3. The zero-order chi connectivity index (χ0) is 24.8. The van der Waals surface area contributed by atoms with Crippen LogP contribution in [-0.4, -0.2) is 48.7 Å². The molecule has 0 saturated carbocycles. The lowest BCUT2D eigenvalue weighted by atomic mass is 10.0. The molecule has 2 amide bonds. The van der Waals surface area contributed by atoms with E-state index in [9.17, 15) is 14.4 Å². The van der Waals surface area contributed by atoms with Gasteiger partial charge in [-0.3, -0.25) is 14.4 Å². The van der Waals surface area contributed by atoms with Gasteiger partial charge in [0.25, 0.3) is 5.91 Å². The van der Waals surface area contributed by atoms with Crippen LogP contribution in [0.15, 0.2) is 78.9 Å². The van der Waals surface area contributed by atoms with Crippen LogP contribution >= 0.6 is 11.6 Å². The summed E-state index contributed by atoms with van der Waals surface area (Å²) in [5.74, 6) is -0.275. The first kappa shape index (κ1) is 24.5. The van der Waals surface area contributed by atoms with Crippen molar-refractivity contribution in [3.8, 4) is 0 Å². The topological polar surface area (TPSA) is 69.7 Å². The molecule has 0 radical (unpaired) electrons. The summed E-state index contributed by atoms with van der Waals surface area (Å²) in [6, 6.07) is 23.5. The van der Waals surface area contributed by atoms with Crippen molar-refractivity contribution < 1.29 is 14.4 Å². The zero-order valence-electron chi connectivity index (χ0n) is 19.6. The monoisotopic (exact) mass is 489 g/mol. The van der Waals surface area contributed by atoms with Crippen LogP contribution in [0.25, 0.3) is 0 Å². The molecule has 0 aliphatic carbocycles. The molecule has 3 aromatic carbocycles. The number of amides is 2.